The first-order chi connectivity index (χ1) is 12.5. The zero-order chi connectivity index (χ0) is 18.7. The van der Waals surface area contributed by atoms with Crippen molar-refractivity contribution in [3.8, 4) is 5.75 Å². The molecule has 7 nitrogen and oxygen atoms in total. The number of nitrogens with one attached hydrogen (secondary N) is 3. The van der Waals surface area contributed by atoms with Crippen LogP contribution >= 0.6 is 0 Å². The number of phenols is 1. The molecule has 0 aromatic heterocycles. The molecule has 0 saturated heterocycles. The van der Waals surface area contributed by atoms with Gasteiger partial charge in [-0.05, 0) is 54.5 Å². The van der Waals surface area contributed by atoms with Gasteiger partial charge in [-0.1, -0.05) is 6.58 Å². The van der Waals surface area contributed by atoms with E-state index in [4.69, 9.17) is 0 Å². The van der Waals surface area contributed by atoms with Crippen molar-refractivity contribution in [2.45, 2.75) is 12.8 Å². The lowest BCUT2D eigenvalue weighted by molar-refractivity contribution is -0.116. The number of rotatable bonds is 4. The average molecular weight is 351 g/mol. The van der Waals surface area contributed by atoms with E-state index >= 15 is 0 Å². The third-order valence-corrected chi connectivity index (χ3v) is 3.95. The summed E-state index contributed by atoms with van der Waals surface area (Å²) in [5.41, 5.74) is 2.60. The number of hydrogen-bond donors (Lipinski definition) is 4. The number of carbonyl (C=O) groups excluding carboxylic acids is 3. The summed E-state index contributed by atoms with van der Waals surface area (Å²) in [6, 6.07) is 9.37. The van der Waals surface area contributed by atoms with Gasteiger partial charge in [-0.25, -0.2) is 0 Å². The summed E-state index contributed by atoms with van der Waals surface area (Å²) in [5, 5.41) is 18.0. The molecule has 0 spiro atoms. The summed E-state index contributed by atoms with van der Waals surface area (Å²) >= 11 is 0. The lowest BCUT2D eigenvalue weighted by Gasteiger charge is -2.18. The number of aromatic hydroxyl groups is 1. The summed E-state index contributed by atoms with van der Waals surface area (Å²) in [5.74, 6) is -1.17. The van der Waals surface area contributed by atoms with E-state index in [0.29, 0.717) is 24.2 Å². The maximum absolute atomic E-state index is 12.5. The molecule has 2 aromatic carbocycles. The van der Waals surface area contributed by atoms with E-state index in [-0.39, 0.29) is 17.2 Å². The standard InChI is InChI=1S/C19H17N3O4/c1-2-17(24)20-13-5-7-16(23)14(10-13)19(26)21-12-4-6-15-11(9-12)3-8-18(25)22-15/h2,4-7,9-10,23H,1,3,8H2,(H,20,24)(H,21,26)(H,22,25). The van der Waals surface area contributed by atoms with Crippen LogP contribution in [0.1, 0.15) is 22.3 Å². The zero-order valence-electron chi connectivity index (χ0n) is 13.8. The third-order valence-electron chi connectivity index (χ3n) is 3.95. The first-order valence-electron chi connectivity index (χ1n) is 7.97. The van der Waals surface area contributed by atoms with Crippen LogP contribution in [0.4, 0.5) is 17.1 Å². The van der Waals surface area contributed by atoms with Gasteiger partial charge in [-0.3, -0.25) is 14.4 Å². The van der Waals surface area contributed by atoms with E-state index in [1.165, 1.54) is 18.2 Å². The lowest BCUT2D eigenvalue weighted by atomic mass is 10.0. The molecule has 132 valence electrons. The van der Waals surface area contributed by atoms with Crippen molar-refractivity contribution in [2.24, 2.45) is 0 Å². The summed E-state index contributed by atoms with van der Waals surface area (Å²) in [6.07, 6.45) is 2.11. The molecule has 4 N–H and O–H groups in total. The number of phenolic OH excluding ortho intramolecular Hbond substituents is 1. The van der Waals surface area contributed by atoms with Gasteiger partial charge in [0.1, 0.15) is 5.75 Å². The second-order valence-electron chi connectivity index (χ2n) is 5.80. The number of fused-ring (bicyclic) bond motifs is 1. The SMILES string of the molecule is C=CC(=O)Nc1ccc(O)c(C(=O)Nc2ccc3c(c2)CCC(=O)N3)c1. The Morgan fingerprint density at radius 1 is 1.08 bits per heavy atom. The predicted molar refractivity (Wildman–Crippen MR) is 98.3 cm³/mol. The fourth-order valence-electron chi connectivity index (χ4n) is 2.65. The van der Waals surface area contributed by atoms with Crippen LogP contribution in [0.2, 0.25) is 0 Å². The maximum Gasteiger partial charge on any atom is 0.259 e. The Labute approximate surface area is 149 Å². The Morgan fingerprint density at radius 3 is 2.58 bits per heavy atom. The van der Waals surface area contributed by atoms with Gasteiger partial charge in [0.2, 0.25) is 11.8 Å². The van der Waals surface area contributed by atoms with E-state index in [0.717, 1.165) is 17.3 Å². The van der Waals surface area contributed by atoms with Crippen molar-refractivity contribution in [1.29, 1.82) is 0 Å². The molecule has 2 aromatic rings. The van der Waals surface area contributed by atoms with E-state index in [1.54, 1.807) is 18.2 Å². The Hall–Kier alpha value is -3.61. The predicted octanol–water partition coefficient (Wildman–Crippen LogP) is 2.65. The molecule has 0 unspecified atom stereocenters. The van der Waals surface area contributed by atoms with Gasteiger partial charge in [0, 0.05) is 23.5 Å². The first-order valence-corrected chi connectivity index (χ1v) is 7.97. The van der Waals surface area contributed by atoms with Gasteiger partial charge in [-0.2, -0.15) is 0 Å². The minimum atomic E-state index is -0.517. The van der Waals surface area contributed by atoms with Gasteiger partial charge in [0.25, 0.3) is 5.91 Å². The van der Waals surface area contributed by atoms with Gasteiger partial charge in [0.15, 0.2) is 0 Å². The number of aryl methyl sites for hydroxylation is 1. The largest absolute Gasteiger partial charge is 0.507 e. The molecular weight excluding hydrogens is 334 g/mol. The lowest BCUT2D eigenvalue weighted by Crippen LogP contribution is -2.19. The molecule has 0 radical (unpaired) electrons. The van der Waals surface area contributed by atoms with Crippen molar-refractivity contribution in [1.82, 2.24) is 0 Å². The van der Waals surface area contributed by atoms with E-state index in [2.05, 4.69) is 22.5 Å². The van der Waals surface area contributed by atoms with Gasteiger partial charge >= 0.3 is 0 Å². The van der Waals surface area contributed by atoms with Crippen LogP contribution in [0, 0.1) is 0 Å². The van der Waals surface area contributed by atoms with Crippen molar-refractivity contribution < 1.29 is 19.5 Å². The monoisotopic (exact) mass is 351 g/mol. The van der Waals surface area contributed by atoms with E-state index < -0.39 is 11.8 Å². The first kappa shape index (κ1) is 17.2. The fourth-order valence-corrected chi connectivity index (χ4v) is 2.65. The maximum atomic E-state index is 12.5. The molecule has 0 bridgehead atoms. The van der Waals surface area contributed by atoms with Gasteiger partial charge < -0.3 is 21.1 Å². The number of amides is 3. The molecule has 1 aliphatic heterocycles. The number of carbonyl (C=O) groups is 3. The molecule has 0 atom stereocenters. The Bertz CT molecular complexity index is 921. The molecule has 1 heterocycles. The molecular formula is C19H17N3O4. The van der Waals surface area contributed by atoms with Crippen molar-refractivity contribution in [2.75, 3.05) is 16.0 Å². The minimum Gasteiger partial charge on any atom is -0.507 e. The fraction of sp³-hybridized carbons (Fsp3) is 0.105. The molecule has 1 aliphatic rings. The number of hydrogen-bond acceptors (Lipinski definition) is 4. The molecule has 7 heteroatoms. The minimum absolute atomic E-state index is 0.0258. The van der Waals surface area contributed by atoms with Crippen LogP contribution in [0.3, 0.4) is 0 Å². The third kappa shape index (κ3) is 3.72. The Kier molecular flexibility index (Phi) is 4.70. The second kappa shape index (κ2) is 7.10. The smallest absolute Gasteiger partial charge is 0.259 e. The Morgan fingerprint density at radius 2 is 1.81 bits per heavy atom. The molecule has 26 heavy (non-hydrogen) atoms. The molecule has 0 saturated carbocycles. The summed E-state index contributed by atoms with van der Waals surface area (Å²) < 4.78 is 0. The van der Waals surface area contributed by atoms with Crippen LogP contribution in [-0.4, -0.2) is 22.8 Å². The van der Waals surface area contributed by atoms with Gasteiger partial charge in [-0.15, -0.1) is 0 Å². The van der Waals surface area contributed by atoms with E-state index in [1.807, 2.05) is 0 Å². The molecule has 0 aliphatic carbocycles. The van der Waals surface area contributed by atoms with Crippen LogP contribution in [0.15, 0.2) is 49.1 Å². The number of anilines is 3. The van der Waals surface area contributed by atoms with Crippen molar-refractivity contribution in [3.05, 3.63) is 60.2 Å². The highest BCUT2D eigenvalue weighted by atomic mass is 16.3. The Balaban J connectivity index is 1.79. The van der Waals surface area contributed by atoms with Crippen LogP contribution < -0.4 is 16.0 Å². The number of benzene rings is 2. The second-order valence-corrected chi connectivity index (χ2v) is 5.80. The van der Waals surface area contributed by atoms with Crippen LogP contribution in [0.25, 0.3) is 0 Å². The molecule has 3 amide bonds. The summed E-state index contributed by atoms with van der Waals surface area (Å²) in [4.78, 5) is 35.3. The van der Waals surface area contributed by atoms with Crippen molar-refractivity contribution >= 4 is 34.8 Å². The van der Waals surface area contributed by atoms with Crippen molar-refractivity contribution in [3.63, 3.8) is 0 Å². The highest BCUT2D eigenvalue weighted by molar-refractivity contribution is 6.08. The average Bonchev–Trinajstić information content (AvgIpc) is 2.63. The summed E-state index contributed by atoms with van der Waals surface area (Å²) in [6.45, 7) is 3.36. The summed E-state index contributed by atoms with van der Waals surface area (Å²) in [7, 11) is 0. The van der Waals surface area contributed by atoms with Crippen LogP contribution in [0.5, 0.6) is 5.75 Å². The van der Waals surface area contributed by atoms with Gasteiger partial charge in [0.05, 0.1) is 5.56 Å². The van der Waals surface area contributed by atoms with Crippen LogP contribution in [-0.2, 0) is 16.0 Å². The quantitative estimate of drug-likeness (QED) is 0.502. The highest BCUT2D eigenvalue weighted by Crippen LogP contribution is 2.27. The topological polar surface area (TPSA) is 108 Å². The van der Waals surface area contributed by atoms with E-state index in [9.17, 15) is 19.5 Å². The molecule has 3 rings (SSSR count). The zero-order valence-corrected chi connectivity index (χ0v) is 13.8. The normalized spacial score (nSPS) is 12.5. The highest BCUT2D eigenvalue weighted by Gasteiger charge is 2.17. The molecule has 0 fully saturated rings.